The third kappa shape index (κ3) is 3.85. The number of hydrogen-bond acceptors (Lipinski definition) is 5. The summed E-state index contributed by atoms with van der Waals surface area (Å²) < 4.78 is 10.7. The molecule has 2 aromatic rings. The lowest BCUT2D eigenvalue weighted by molar-refractivity contribution is 0.247. The molecule has 2 aromatic heterocycles. The minimum atomic E-state index is 0.368. The van der Waals surface area contributed by atoms with Gasteiger partial charge in [0.05, 0.1) is 11.9 Å². The quantitative estimate of drug-likeness (QED) is 0.760. The van der Waals surface area contributed by atoms with Crippen LogP contribution in [0.1, 0.15) is 24.8 Å². The van der Waals surface area contributed by atoms with Crippen molar-refractivity contribution in [3.63, 3.8) is 0 Å². The maximum Gasteiger partial charge on any atom is 0.174 e. The normalized spacial score (nSPS) is 10.5. The molecular formula is C13H17N3O2. The van der Waals surface area contributed by atoms with Crippen molar-refractivity contribution >= 4 is 0 Å². The molecule has 0 fully saturated rings. The SMILES string of the molecule is CCCNCc1cc(COc2cccnc2)on1. The van der Waals surface area contributed by atoms with Gasteiger partial charge in [-0.25, -0.2) is 0 Å². The second kappa shape index (κ2) is 6.76. The molecule has 0 aliphatic rings. The Balaban J connectivity index is 1.80. The Hall–Kier alpha value is -1.88. The van der Waals surface area contributed by atoms with Gasteiger partial charge in [0.1, 0.15) is 12.4 Å². The summed E-state index contributed by atoms with van der Waals surface area (Å²) in [5.74, 6) is 1.44. The molecule has 0 saturated heterocycles. The van der Waals surface area contributed by atoms with E-state index < -0.39 is 0 Å². The first-order valence-electron chi connectivity index (χ1n) is 6.06. The van der Waals surface area contributed by atoms with Crippen LogP contribution in [0.15, 0.2) is 35.1 Å². The second-order valence-corrected chi connectivity index (χ2v) is 3.94. The van der Waals surface area contributed by atoms with E-state index in [9.17, 15) is 0 Å². The molecular weight excluding hydrogens is 230 g/mol. The van der Waals surface area contributed by atoms with Gasteiger partial charge in [-0.2, -0.15) is 0 Å². The molecule has 0 spiro atoms. The molecule has 0 radical (unpaired) electrons. The first-order chi connectivity index (χ1) is 8.88. The first kappa shape index (κ1) is 12.6. The van der Waals surface area contributed by atoms with Gasteiger partial charge >= 0.3 is 0 Å². The summed E-state index contributed by atoms with van der Waals surface area (Å²) >= 11 is 0. The van der Waals surface area contributed by atoms with Crippen LogP contribution < -0.4 is 10.1 Å². The van der Waals surface area contributed by atoms with Crippen molar-refractivity contribution in [1.82, 2.24) is 15.5 Å². The van der Waals surface area contributed by atoms with E-state index >= 15 is 0 Å². The zero-order valence-corrected chi connectivity index (χ0v) is 10.4. The number of ether oxygens (including phenoxy) is 1. The topological polar surface area (TPSA) is 60.2 Å². The summed E-state index contributed by atoms with van der Waals surface area (Å²) in [5.41, 5.74) is 0.897. The summed E-state index contributed by atoms with van der Waals surface area (Å²) in [6.45, 7) is 4.20. The van der Waals surface area contributed by atoms with Gasteiger partial charge in [0.15, 0.2) is 5.76 Å². The second-order valence-electron chi connectivity index (χ2n) is 3.94. The van der Waals surface area contributed by atoms with Gasteiger partial charge in [-0.15, -0.1) is 0 Å². The molecule has 0 unspecified atom stereocenters. The molecule has 18 heavy (non-hydrogen) atoms. The van der Waals surface area contributed by atoms with Crippen molar-refractivity contribution in [2.24, 2.45) is 0 Å². The summed E-state index contributed by atoms with van der Waals surface area (Å²) in [7, 11) is 0. The lowest BCUT2D eigenvalue weighted by atomic mass is 10.3. The fourth-order valence-corrected chi connectivity index (χ4v) is 1.49. The fourth-order valence-electron chi connectivity index (χ4n) is 1.49. The van der Waals surface area contributed by atoms with E-state index in [1.54, 1.807) is 12.4 Å². The number of rotatable bonds is 7. The van der Waals surface area contributed by atoms with Gasteiger partial charge in [0, 0.05) is 18.8 Å². The average molecular weight is 247 g/mol. The van der Waals surface area contributed by atoms with Crippen molar-refractivity contribution in [2.75, 3.05) is 6.54 Å². The van der Waals surface area contributed by atoms with Crippen LogP contribution in [0.3, 0.4) is 0 Å². The lowest BCUT2D eigenvalue weighted by Crippen LogP contribution is -2.13. The Morgan fingerprint density at radius 2 is 2.39 bits per heavy atom. The maximum atomic E-state index is 5.51. The molecule has 0 amide bonds. The van der Waals surface area contributed by atoms with Gasteiger partial charge in [-0.3, -0.25) is 4.98 Å². The van der Waals surface area contributed by atoms with Crippen molar-refractivity contribution in [3.8, 4) is 5.75 Å². The molecule has 0 saturated carbocycles. The van der Waals surface area contributed by atoms with Crippen LogP contribution in [0.4, 0.5) is 0 Å². The molecule has 5 nitrogen and oxygen atoms in total. The molecule has 96 valence electrons. The Morgan fingerprint density at radius 1 is 1.44 bits per heavy atom. The highest BCUT2D eigenvalue weighted by Gasteiger charge is 2.04. The standard InChI is InChI=1S/C13H17N3O2/c1-2-5-14-8-11-7-13(18-16-11)10-17-12-4-3-6-15-9-12/h3-4,6-7,9,14H,2,5,8,10H2,1H3. The molecule has 0 aliphatic carbocycles. The van der Waals surface area contributed by atoms with Crippen molar-refractivity contribution in [3.05, 3.63) is 42.0 Å². The molecule has 0 aliphatic heterocycles. The largest absolute Gasteiger partial charge is 0.484 e. The van der Waals surface area contributed by atoms with Crippen molar-refractivity contribution in [2.45, 2.75) is 26.5 Å². The van der Waals surface area contributed by atoms with Gasteiger partial charge < -0.3 is 14.6 Å². The Morgan fingerprint density at radius 3 is 3.17 bits per heavy atom. The van der Waals surface area contributed by atoms with Crippen molar-refractivity contribution < 1.29 is 9.26 Å². The smallest absolute Gasteiger partial charge is 0.174 e. The van der Waals surface area contributed by atoms with Crippen molar-refractivity contribution in [1.29, 1.82) is 0 Å². The third-order valence-corrected chi connectivity index (χ3v) is 2.36. The number of nitrogens with zero attached hydrogens (tertiary/aromatic N) is 2. The maximum absolute atomic E-state index is 5.51. The predicted molar refractivity (Wildman–Crippen MR) is 67.1 cm³/mol. The number of aromatic nitrogens is 2. The highest BCUT2D eigenvalue weighted by Crippen LogP contribution is 2.11. The van der Waals surface area contributed by atoms with Crippen LogP contribution in [-0.2, 0) is 13.2 Å². The molecule has 0 aromatic carbocycles. The van der Waals surface area contributed by atoms with E-state index in [4.69, 9.17) is 9.26 Å². The summed E-state index contributed by atoms with van der Waals surface area (Å²) in [6, 6.07) is 5.59. The van der Waals surface area contributed by atoms with Crippen LogP contribution in [0.25, 0.3) is 0 Å². The zero-order valence-electron chi connectivity index (χ0n) is 10.4. The van der Waals surface area contributed by atoms with E-state index in [1.165, 1.54) is 0 Å². The number of pyridine rings is 1. The molecule has 1 N–H and O–H groups in total. The highest BCUT2D eigenvalue weighted by atomic mass is 16.5. The molecule has 2 heterocycles. The predicted octanol–water partition coefficient (Wildman–Crippen LogP) is 2.15. The Kier molecular flexibility index (Phi) is 4.72. The number of hydrogen-bond donors (Lipinski definition) is 1. The zero-order chi connectivity index (χ0) is 12.6. The van der Waals surface area contributed by atoms with E-state index in [1.807, 2.05) is 18.2 Å². The van der Waals surface area contributed by atoms with Crippen LogP contribution in [0.5, 0.6) is 5.75 Å². The fraction of sp³-hybridized carbons (Fsp3) is 0.385. The number of nitrogens with one attached hydrogen (secondary N) is 1. The molecule has 5 heteroatoms. The summed E-state index contributed by atoms with van der Waals surface area (Å²) in [6.07, 6.45) is 4.48. The highest BCUT2D eigenvalue weighted by molar-refractivity contribution is 5.16. The molecule has 2 rings (SSSR count). The van der Waals surface area contributed by atoms with Crippen LogP contribution in [-0.4, -0.2) is 16.7 Å². The Labute approximate surface area is 106 Å². The van der Waals surface area contributed by atoms with Gasteiger partial charge in [-0.05, 0) is 25.1 Å². The van der Waals surface area contributed by atoms with E-state index in [2.05, 4.69) is 22.4 Å². The van der Waals surface area contributed by atoms with Gasteiger partial charge in [-0.1, -0.05) is 12.1 Å². The third-order valence-electron chi connectivity index (χ3n) is 2.36. The van der Waals surface area contributed by atoms with Gasteiger partial charge in [0.2, 0.25) is 0 Å². The summed E-state index contributed by atoms with van der Waals surface area (Å²) in [4.78, 5) is 3.97. The van der Waals surface area contributed by atoms with Crippen LogP contribution >= 0.6 is 0 Å². The summed E-state index contributed by atoms with van der Waals surface area (Å²) in [5, 5.41) is 7.23. The first-order valence-corrected chi connectivity index (χ1v) is 6.06. The van der Waals surface area contributed by atoms with E-state index in [0.717, 1.165) is 31.0 Å². The van der Waals surface area contributed by atoms with Gasteiger partial charge in [0.25, 0.3) is 0 Å². The van der Waals surface area contributed by atoms with Crippen LogP contribution in [0.2, 0.25) is 0 Å². The van der Waals surface area contributed by atoms with E-state index in [0.29, 0.717) is 12.4 Å². The Bertz CT molecular complexity index is 456. The minimum absolute atomic E-state index is 0.368. The van der Waals surface area contributed by atoms with E-state index in [-0.39, 0.29) is 0 Å². The lowest BCUT2D eigenvalue weighted by Gasteiger charge is -2.01. The molecule has 0 atom stereocenters. The molecule has 0 bridgehead atoms. The monoisotopic (exact) mass is 247 g/mol. The minimum Gasteiger partial charge on any atom is -0.484 e. The van der Waals surface area contributed by atoms with Crippen LogP contribution in [0, 0.1) is 0 Å². The average Bonchev–Trinajstić information content (AvgIpc) is 2.86.